The van der Waals surface area contributed by atoms with E-state index >= 15 is 0 Å². The van der Waals surface area contributed by atoms with E-state index in [2.05, 4.69) is 20.2 Å². The van der Waals surface area contributed by atoms with Crippen LogP contribution in [0.5, 0.6) is 5.75 Å². The Kier molecular flexibility index (Phi) is 5.88. The summed E-state index contributed by atoms with van der Waals surface area (Å²) in [7, 11) is 1.64. The summed E-state index contributed by atoms with van der Waals surface area (Å²) in [5, 5.41) is 2.87. The van der Waals surface area contributed by atoms with Gasteiger partial charge in [0.1, 0.15) is 23.7 Å². The highest BCUT2D eigenvalue weighted by molar-refractivity contribution is 5.92. The van der Waals surface area contributed by atoms with E-state index in [4.69, 9.17) is 4.74 Å². The summed E-state index contributed by atoms with van der Waals surface area (Å²) in [6.07, 6.45) is 3.03. The molecule has 1 N–H and O–H groups in total. The van der Waals surface area contributed by atoms with Gasteiger partial charge in [-0.15, -0.1) is 0 Å². The molecule has 2 heterocycles. The van der Waals surface area contributed by atoms with E-state index in [0.29, 0.717) is 5.69 Å². The van der Waals surface area contributed by atoms with Crippen LogP contribution >= 0.6 is 0 Å². The van der Waals surface area contributed by atoms with E-state index < -0.39 is 0 Å². The number of halogens is 1. The van der Waals surface area contributed by atoms with Crippen LogP contribution in [0.3, 0.4) is 0 Å². The molecule has 1 fully saturated rings. The van der Waals surface area contributed by atoms with Crippen LogP contribution in [0.4, 0.5) is 15.9 Å². The molecule has 0 atom stereocenters. The van der Waals surface area contributed by atoms with Crippen molar-refractivity contribution in [3.63, 3.8) is 0 Å². The van der Waals surface area contributed by atoms with Gasteiger partial charge in [-0.25, -0.2) is 14.4 Å². The molecule has 1 aliphatic heterocycles. The second kappa shape index (κ2) is 8.90. The maximum Gasteiger partial charge on any atom is 0.227 e. The van der Waals surface area contributed by atoms with Crippen LogP contribution in [0, 0.1) is 11.7 Å². The molecule has 0 aliphatic carbocycles. The Bertz CT molecular complexity index is 1000. The fourth-order valence-corrected chi connectivity index (χ4v) is 3.59. The van der Waals surface area contributed by atoms with Gasteiger partial charge in [0, 0.05) is 36.3 Å². The summed E-state index contributed by atoms with van der Waals surface area (Å²) >= 11 is 0. The van der Waals surface area contributed by atoms with Crippen LogP contribution in [0.25, 0.3) is 11.3 Å². The first-order chi connectivity index (χ1) is 14.6. The average Bonchev–Trinajstić information content (AvgIpc) is 2.81. The standard InChI is InChI=1S/C23H23FN4O2/c1-30-20-8-2-16(3-9-20)21-14-22(26-15-25-21)28-12-10-17(11-13-28)23(29)27-19-6-4-18(24)5-7-19/h2-9,14-15,17H,10-13H2,1H3,(H,27,29). The molecule has 154 valence electrons. The summed E-state index contributed by atoms with van der Waals surface area (Å²) in [5.41, 5.74) is 2.45. The molecule has 2 aromatic carbocycles. The van der Waals surface area contributed by atoms with Gasteiger partial charge in [-0.05, 0) is 61.4 Å². The van der Waals surface area contributed by atoms with Crippen molar-refractivity contribution < 1.29 is 13.9 Å². The van der Waals surface area contributed by atoms with Crippen LogP contribution in [0.2, 0.25) is 0 Å². The summed E-state index contributed by atoms with van der Waals surface area (Å²) in [5.74, 6) is 1.24. The van der Waals surface area contributed by atoms with Gasteiger partial charge in [0.25, 0.3) is 0 Å². The molecule has 1 aliphatic rings. The monoisotopic (exact) mass is 406 g/mol. The van der Waals surface area contributed by atoms with Gasteiger partial charge >= 0.3 is 0 Å². The number of anilines is 2. The summed E-state index contributed by atoms with van der Waals surface area (Å²) in [6, 6.07) is 15.6. The van der Waals surface area contributed by atoms with Crippen LogP contribution in [0.1, 0.15) is 12.8 Å². The predicted molar refractivity (Wildman–Crippen MR) is 114 cm³/mol. The van der Waals surface area contributed by atoms with E-state index in [0.717, 1.165) is 48.8 Å². The number of hydrogen-bond donors (Lipinski definition) is 1. The van der Waals surface area contributed by atoms with Crippen molar-refractivity contribution >= 4 is 17.4 Å². The molecular weight excluding hydrogens is 383 g/mol. The van der Waals surface area contributed by atoms with Gasteiger partial charge < -0.3 is 15.0 Å². The molecular formula is C23H23FN4O2. The van der Waals surface area contributed by atoms with Gasteiger partial charge in [-0.1, -0.05) is 0 Å². The average molecular weight is 406 g/mol. The molecule has 0 bridgehead atoms. The number of benzene rings is 2. The third kappa shape index (κ3) is 4.56. The molecule has 6 nitrogen and oxygen atoms in total. The van der Waals surface area contributed by atoms with Crippen LogP contribution in [-0.2, 0) is 4.79 Å². The molecule has 3 aromatic rings. The molecule has 30 heavy (non-hydrogen) atoms. The highest BCUT2D eigenvalue weighted by atomic mass is 19.1. The summed E-state index contributed by atoms with van der Waals surface area (Å²) in [6.45, 7) is 1.47. The SMILES string of the molecule is COc1ccc(-c2cc(N3CCC(C(=O)Nc4ccc(F)cc4)CC3)ncn2)cc1. The highest BCUT2D eigenvalue weighted by Gasteiger charge is 2.26. The van der Waals surface area contributed by atoms with E-state index in [1.165, 1.54) is 12.1 Å². The quantitative estimate of drug-likeness (QED) is 0.690. The maximum absolute atomic E-state index is 13.0. The van der Waals surface area contributed by atoms with Gasteiger partial charge in [0.15, 0.2) is 0 Å². The molecule has 1 aromatic heterocycles. The number of hydrogen-bond acceptors (Lipinski definition) is 5. The Labute approximate surface area is 174 Å². The van der Waals surface area contributed by atoms with Gasteiger partial charge in [0.05, 0.1) is 12.8 Å². The second-order valence-electron chi connectivity index (χ2n) is 7.25. The molecule has 1 amide bonds. The molecule has 0 spiro atoms. The number of amides is 1. The van der Waals surface area contributed by atoms with Crippen molar-refractivity contribution in [1.29, 1.82) is 0 Å². The van der Waals surface area contributed by atoms with Gasteiger partial charge in [0.2, 0.25) is 5.91 Å². The number of nitrogens with zero attached hydrogens (tertiary/aromatic N) is 3. The van der Waals surface area contributed by atoms with E-state index in [9.17, 15) is 9.18 Å². The molecule has 0 saturated carbocycles. The minimum absolute atomic E-state index is 0.0251. The smallest absolute Gasteiger partial charge is 0.227 e. The molecule has 4 rings (SSSR count). The lowest BCUT2D eigenvalue weighted by molar-refractivity contribution is -0.120. The highest BCUT2D eigenvalue weighted by Crippen LogP contribution is 2.26. The Morgan fingerprint density at radius 3 is 2.43 bits per heavy atom. The Balaban J connectivity index is 1.37. The van der Waals surface area contributed by atoms with Gasteiger partial charge in [-0.3, -0.25) is 4.79 Å². The van der Waals surface area contributed by atoms with Crippen molar-refractivity contribution in [2.45, 2.75) is 12.8 Å². The molecule has 0 unspecified atom stereocenters. The van der Waals surface area contributed by atoms with Gasteiger partial charge in [-0.2, -0.15) is 0 Å². The first kappa shape index (κ1) is 19.8. The summed E-state index contributed by atoms with van der Waals surface area (Å²) < 4.78 is 18.2. The first-order valence-corrected chi connectivity index (χ1v) is 9.90. The van der Waals surface area contributed by atoms with Crippen LogP contribution in [-0.4, -0.2) is 36.1 Å². The van der Waals surface area contributed by atoms with Crippen molar-refractivity contribution in [1.82, 2.24) is 9.97 Å². The lowest BCUT2D eigenvalue weighted by Crippen LogP contribution is -2.38. The molecule has 1 saturated heterocycles. The third-order valence-electron chi connectivity index (χ3n) is 5.34. The zero-order chi connectivity index (χ0) is 20.9. The number of rotatable bonds is 5. The topological polar surface area (TPSA) is 67.3 Å². The van der Waals surface area contributed by atoms with E-state index in [-0.39, 0.29) is 17.6 Å². The van der Waals surface area contributed by atoms with Crippen molar-refractivity contribution in [3.8, 4) is 17.0 Å². The fraction of sp³-hybridized carbons (Fsp3) is 0.261. The Hall–Kier alpha value is -3.48. The van der Waals surface area contributed by atoms with E-state index in [1.807, 2.05) is 30.3 Å². The van der Waals surface area contributed by atoms with Crippen LogP contribution < -0.4 is 15.0 Å². The minimum Gasteiger partial charge on any atom is -0.497 e. The zero-order valence-corrected chi connectivity index (χ0v) is 16.7. The minimum atomic E-state index is -0.319. The lowest BCUT2D eigenvalue weighted by atomic mass is 9.95. The molecule has 0 radical (unpaired) electrons. The largest absolute Gasteiger partial charge is 0.497 e. The van der Waals surface area contributed by atoms with E-state index in [1.54, 1.807) is 25.6 Å². The fourth-order valence-electron chi connectivity index (χ4n) is 3.59. The number of aromatic nitrogens is 2. The second-order valence-corrected chi connectivity index (χ2v) is 7.25. The maximum atomic E-state index is 13.0. The number of methoxy groups -OCH3 is 1. The van der Waals surface area contributed by atoms with Crippen molar-refractivity contribution in [2.24, 2.45) is 5.92 Å². The number of piperidine rings is 1. The van der Waals surface area contributed by atoms with Crippen molar-refractivity contribution in [2.75, 3.05) is 30.4 Å². The zero-order valence-electron chi connectivity index (χ0n) is 16.7. The normalized spacial score (nSPS) is 14.4. The Morgan fingerprint density at radius 1 is 1.07 bits per heavy atom. The third-order valence-corrected chi connectivity index (χ3v) is 5.34. The number of carbonyl (C=O) groups is 1. The van der Waals surface area contributed by atoms with Crippen molar-refractivity contribution in [3.05, 3.63) is 66.7 Å². The predicted octanol–water partition coefficient (Wildman–Crippen LogP) is 4.15. The number of nitrogens with one attached hydrogen (secondary N) is 1. The summed E-state index contributed by atoms with van der Waals surface area (Å²) in [4.78, 5) is 23.5. The van der Waals surface area contributed by atoms with Crippen LogP contribution in [0.15, 0.2) is 60.9 Å². The molecule has 7 heteroatoms. The number of ether oxygens (including phenoxy) is 1. The Morgan fingerprint density at radius 2 is 1.77 bits per heavy atom. The first-order valence-electron chi connectivity index (χ1n) is 9.90. The number of carbonyl (C=O) groups excluding carboxylic acids is 1. The lowest BCUT2D eigenvalue weighted by Gasteiger charge is -2.32.